The fraction of sp³-hybridized carbons (Fsp3) is 0.943. The smallest absolute Gasteiger partial charge is 0.220 e. The summed E-state index contributed by atoms with van der Waals surface area (Å²) in [5.74, 6) is -0.0260. The van der Waals surface area contributed by atoms with Crippen molar-refractivity contribution >= 4 is 5.91 Å². The normalized spacial score (nSPS) is 12.8. The molecule has 0 radical (unpaired) electrons. The van der Waals surface area contributed by atoms with Crippen LogP contribution in [0.3, 0.4) is 0 Å². The van der Waals surface area contributed by atoms with Gasteiger partial charge in [-0.3, -0.25) is 4.79 Å². The van der Waals surface area contributed by atoms with Crippen molar-refractivity contribution < 1.29 is 15.0 Å². The van der Waals surface area contributed by atoms with Crippen LogP contribution in [0.25, 0.3) is 0 Å². The first-order chi connectivity index (χ1) is 28.2. The van der Waals surface area contributed by atoms with Gasteiger partial charge in [0.25, 0.3) is 0 Å². The Morgan fingerprint density at radius 2 is 0.667 bits per heavy atom. The molecule has 0 aromatic rings. The standard InChI is InChI=1S/C53H105NO3/c1-3-5-7-9-11-13-15-17-18-19-20-21-22-23-24-25-26-27-28-29-30-31-32-33-34-35-36-37-39-41-43-45-47-49-53(57)54-51(50-55)52(56)48-46-44-42-40-38-16-14-12-10-8-6-4-2/h19-20,51-52,55-56H,3-18,21-50H2,1-2H3,(H,54,57)/b20-19-. The van der Waals surface area contributed by atoms with E-state index in [0.717, 1.165) is 25.7 Å². The fourth-order valence-electron chi connectivity index (χ4n) is 8.48. The van der Waals surface area contributed by atoms with E-state index in [1.165, 1.54) is 250 Å². The van der Waals surface area contributed by atoms with E-state index in [0.29, 0.717) is 12.8 Å². The summed E-state index contributed by atoms with van der Waals surface area (Å²) in [6.07, 6.45) is 63.4. The van der Waals surface area contributed by atoms with Gasteiger partial charge in [-0.2, -0.15) is 0 Å². The van der Waals surface area contributed by atoms with Crippen molar-refractivity contribution in [1.82, 2.24) is 5.32 Å². The summed E-state index contributed by atoms with van der Waals surface area (Å²) >= 11 is 0. The van der Waals surface area contributed by atoms with E-state index in [9.17, 15) is 15.0 Å². The first kappa shape index (κ1) is 56.1. The van der Waals surface area contributed by atoms with Gasteiger partial charge in [0.1, 0.15) is 0 Å². The van der Waals surface area contributed by atoms with Crippen molar-refractivity contribution in [2.45, 2.75) is 315 Å². The van der Waals surface area contributed by atoms with Gasteiger partial charge in [0, 0.05) is 6.42 Å². The van der Waals surface area contributed by atoms with E-state index in [1.54, 1.807) is 0 Å². The summed E-state index contributed by atoms with van der Waals surface area (Å²) in [7, 11) is 0. The molecular formula is C53H105NO3. The molecule has 0 saturated heterocycles. The van der Waals surface area contributed by atoms with E-state index in [1.807, 2.05) is 0 Å². The Bertz CT molecular complexity index is 784. The third kappa shape index (κ3) is 46.1. The third-order valence-corrected chi connectivity index (χ3v) is 12.5. The quantitative estimate of drug-likeness (QED) is 0.0424. The molecule has 0 aromatic heterocycles. The first-order valence-corrected chi connectivity index (χ1v) is 26.4. The third-order valence-electron chi connectivity index (χ3n) is 12.5. The zero-order chi connectivity index (χ0) is 41.4. The molecule has 3 N–H and O–H groups in total. The van der Waals surface area contributed by atoms with E-state index < -0.39 is 12.1 Å². The average molecular weight is 804 g/mol. The van der Waals surface area contributed by atoms with Crippen LogP contribution in [0.2, 0.25) is 0 Å². The van der Waals surface area contributed by atoms with Crippen LogP contribution in [0.5, 0.6) is 0 Å². The summed E-state index contributed by atoms with van der Waals surface area (Å²) in [5.41, 5.74) is 0. The SMILES string of the molecule is CCCCCCCCCC/C=C\CCCCCCCCCCCCCCCCCCCCCCCC(=O)NC(CO)C(O)CCCCCCCCCCCCCC. The van der Waals surface area contributed by atoms with Crippen LogP contribution >= 0.6 is 0 Å². The predicted molar refractivity (Wildman–Crippen MR) is 253 cm³/mol. The lowest BCUT2D eigenvalue weighted by molar-refractivity contribution is -0.123. The number of carbonyl (C=O) groups is 1. The van der Waals surface area contributed by atoms with Gasteiger partial charge in [-0.15, -0.1) is 0 Å². The van der Waals surface area contributed by atoms with Gasteiger partial charge in [-0.05, 0) is 38.5 Å². The molecular weight excluding hydrogens is 699 g/mol. The minimum Gasteiger partial charge on any atom is -0.394 e. The monoisotopic (exact) mass is 804 g/mol. The number of amides is 1. The number of aliphatic hydroxyl groups excluding tert-OH is 2. The van der Waals surface area contributed by atoms with Crippen LogP contribution in [0, 0.1) is 0 Å². The maximum Gasteiger partial charge on any atom is 0.220 e. The number of hydrogen-bond acceptors (Lipinski definition) is 3. The lowest BCUT2D eigenvalue weighted by Crippen LogP contribution is -2.45. The minimum atomic E-state index is -0.654. The van der Waals surface area contributed by atoms with Crippen LogP contribution in [0.4, 0.5) is 0 Å². The molecule has 2 unspecified atom stereocenters. The molecule has 2 atom stereocenters. The Balaban J connectivity index is 3.36. The summed E-state index contributed by atoms with van der Waals surface area (Å²) in [6, 6.07) is -0.531. The van der Waals surface area contributed by atoms with Crippen molar-refractivity contribution in [2.24, 2.45) is 0 Å². The van der Waals surface area contributed by atoms with Crippen LogP contribution in [0.1, 0.15) is 303 Å². The lowest BCUT2D eigenvalue weighted by atomic mass is 10.0. The zero-order valence-electron chi connectivity index (χ0n) is 39.1. The fourth-order valence-corrected chi connectivity index (χ4v) is 8.48. The molecule has 0 fully saturated rings. The molecule has 0 heterocycles. The number of aliphatic hydroxyl groups is 2. The average Bonchev–Trinajstić information content (AvgIpc) is 3.22. The minimum absolute atomic E-state index is 0.0260. The Morgan fingerprint density at radius 3 is 0.965 bits per heavy atom. The molecule has 0 rings (SSSR count). The van der Waals surface area contributed by atoms with Crippen LogP contribution in [-0.4, -0.2) is 34.9 Å². The molecule has 0 aromatic carbocycles. The predicted octanol–water partition coefficient (Wildman–Crippen LogP) is 17.0. The Kier molecular flexibility index (Phi) is 48.7. The summed E-state index contributed by atoms with van der Waals surface area (Å²) in [6.45, 7) is 4.38. The number of carbonyl (C=O) groups excluding carboxylic acids is 1. The Labute approximate surface area is 358 Å². The van der Waals surface area contributed by atoms with Gasteiger partial charge in [0.05, 0.1) is 18.8 Å². The number of allylic oxidation sites excluding steroid dienone is 2. The molecule has 4 heteroatoms. The molecule has 0 bridgehead atoms. The van der Waals surface area contributed by atoms with E-state index in [-0.39, 0.29) is 12.5 Å². The molecule has 0 saturated carbocycles. The molecule has 0 aliphatic rings. The topological polar surface area (TPSA) is 69.6 Å². The van der Waals surface area contributed by atoms with Gasteiger partial charge in [-0.25, -0.2) is 0 Å². The Morgan fingerprint density at radius 1 is 0.404 bits per heavy atom. The first-order valence-electron chi connectivity index (χ1n) is 26.4. The van der Waals surface area contributed by atoms with Gasteiger partial charge >= 0.3 is 0 Å². The van der Waals surface area contributed by atoms with E-state index in [2.05, 4.69) is 31.3 Å². The summed E-state index contributed by atoms with van der Waals surface area (Å²) in [5, 5.41) is 23.2. The van der Waals surface area contributed by atoms with Gasteiger partial charge in [-0.1, -0.05) is 270 Å². The highest BCUT2D eigenvalue weighted by Crippen LogP contribution is 2.17. The summed E-state index contributed by atoms with van der Waals surface area (Å²) in [4.78, 5) is 12.4. The van der Waals surface area contributed by atoms with Crippen molar-refractivity contribution in [3.63, 3.8) is 0 Å². The second-order valence-electron chi connectivity index (χ2n) is 18.3. The van der Waals surface area contributed by atoms with Crippen molar-refractivity contribution in [1.29, 1.82) is 0 Å². The molecule has 1 amide bonds. The molecule has 0 aliphatic heterocycles. The van der Waals surface area contributed by atoms with Crippen LogP contribution < -0.4 is 5.32 Å². The number of hydrogen-bond donors (Lipinski definition) is 3. The van der Waals surface area contributed by atoms with Crippen LogP contribution in [-0.2, 0) is 4.79 Å². The van der Waals surface area contributed by atoms with Gasteiger partial charge < -0.3 is 15.5 Å². The molecule has 0 aliphatic carbocycles. The van der Waals surface area contributed by atoms with Crippen molar-refractivity contribution in [3.8, 4) is 0 Å². The Hall–Kier alpha value is -0.870. The van der Waals surface area contributed by atoms with E-state index >= 15 is 0 Å². The largest absolute Gasteiger partial charge is 0.394 e. The highest BCUT2D eigenvalue weighted by atomic mass is 16.3. The highest BCUT2D eigenvalue weighted by molar-refractivity contribution is 5.76. The second kappa shape index (κ2) is 49.5. The molecule has 340 valence electrons. The van der Waals surface area contributed by atoms with E-state index in [4.69, 9.17) is 0 Å². The number of nitrogens with one attached hydrogen (secondary N) is 1. The molecule has 0 spiro atoms. The van der Waals surface area contributed by atoms with Gasteiger partial charge in [0.2, 0.25) is 5.91 Å². The maximum absolute atomic E-state index is 12.4. The highest BCUT2D eigenvalue weighted by Gasteiger charge is 2.20. The van der Waals surface area contributed by atoms with Crippen molar-refractivity contribution in [3.05, 3.63) is 12.2 Å². The number of unbranched alkanes of at least 4 members (excludes halogenated alkanes) is 40. The van der Waals surface area contributed by atoms with Gasteiger partial charge in [0.15, 0.2) is 0 Å². The summed E-state index contributed by atoms with van der Waals surface area (Å²) < 4.78 is 0. The maximum atomic E-state index is 12.4. The molecule has 4 nitrogen and oxygen atoms in total. The lowest BCUT2D eigenvalue weighted by Gasteiger charge is -2.22. The van der Waals surface area contributed by atoms with Crippen molar-refractivity contribution in [2.75, 3.05) is 6.61 Å². The van der Waals surface area contributed by atoms with Crippen LogP contribution in [0.15, 0.2) is 12.2 Å². The second-order valence-corrected chi connectivity index (χ2v) is 18.3. The molecule has 57 heavy (non-hydrogen) atoms. The zero-order valence-corrected chi connectivity index (χ0v) is 39.1. The number of rotatable bonds is 49.